The SMILES string of the molecule is COC1(c2noc(C(C)(C)C(C)(C)N)n2)CCC(C)CC1. The fraction of sp³-hybridized carbons (Fsp3) is 0.875. The first-order valence-electron chi connectivity index (χ1n) is 7.81. The maximum Gasteiger partial charge on any atom is 0.234 e. The molecule has 0 atom stereocenters. The van der Waals surface area contributed by atoms with Crippen molar-refractivity contribution in [3.63, 3.8) is 0 Å². The summed E-state index contributed by atoms with van der Waals surface area (Å²) < 4.78 is 11.4. The van der Waals surface area contributed by atoms with E-state index in [0.29, 0.717) is 11.7 Å². The van der Waals surface area contributed by atoms with Crippen molar-refractivity contribution >= 4 is 0 Å². The van der Waals surface area contributed by atoms with Crippen LogP contribution in [-0.2, 0) is 15.8 Å². The largest absolute Gasteiger partial charge is 0.370 e. The Morgan fingerprint density at radius 1 is 1.24 bits per heavy atom. The van der Waals surface area contributed by atoms with Crippen LogP contribution in [0.4, 0.5) is 0 Å². The van der Waals surface area contributed by atoms with Crippen molar-refractivity contribution in [2.45, 2.75) is 76.9 Å². The molecule has 1 heterocycles. The second-order valence-corrected chi connectivity index (χ2v) is 7.65. The molecule has 0 aliphatic heterocycles. The van der Waals surface area contributed by atoms with Gasteiger partial charge in [-0.3, -0.25) is 0 Å². The van der Waals surface area contributed by atoms with Gasteiger partial charge >= 0.3 is 0 Å². The second kappa shape index (κ2) is 5.36. The molecule has 0 amide bonds. The van der Waals surface area contributed by atoms with Crippen LogP contribution in [-0.4, -0.2) is 22.8 Å². The van der Waals surface area contributed by atoms with Crippen molar-refractivity contribution in [2.24, 2.45) is 11.7 Å². The average molecular weight is 295 g/mol. The van der Waals surface area contributed by atoms with Gasteiger partial charge in [0.25, 0.3) is 0 Å². The first kappa shape index (κ1) is 16.4. The summed E-state index contributed by atoms with van der Waals surface area (Å²) in [5.41, 5.74) is 5.02. The normalized spacial score (nSPS) is 27.9. The van der Waals surface area contributed by atoms with Crippen LogP contribution >= 0.6 is 0 Å². The molecule has 1 aliphatic rings. The highest BCUT2D eigenvalue weighted by Gasteiger charge is 2.44. The van der Waals surface area contributed by atoms with E-state index in [1.54, 1.807) is 7.11 Å². The highest BCUT2D eigenvalue weighted by atomic mass is 16.5. The summed E-state index contributed by atoms with van der Waals surface area (Å²) in [7, 11) is 1.74. The van der Waals surface area contributed by atoms with E-state index in [1.807, 2.05) is 27.7 Å². The van der Waals surface area contributed by atoms with Crippen molar-refractivity contribution < 1.29 is 9.26 Å². The van der Waals surface area contributed by atoms with Gasteiger partial charge in [0.15, 0.2) is 0 Å². The van der Waals surface area contributed by atoms with Crippen LogP contribution in [0.1, 0.15) is 72.0 Å². The van der Waals surface area contributed by atoms with Crippen LogP contribution in [0.3, 0.4) is 0 Å². The number of ether oxygens (including phenoxy) is 1. The highest BCUT2D eigenvalue weighted by molar-refractivity contribution is 5.13. The van der Waals surface area contributed by atoms with Crippen molar-refractivity contribution in [1.29, 1.82) is 0 Å². The predicted octanol–water partition coefficient (Wildman–Crippen LogP) is 3.14. The summed E-state index contributed by atoms with van der Waals surface area (Å²) in [6.45, 7) is 10.3. The maximum absolute atomic E-state index is 6.26. The van der Waals surface area contributed by atoms with Crippen LogP contribution in [0.2, 0.25) is 0 Å². The summed E-state index contributed by atoms with van der Waals surface area (Å²) in [6, 6.07) is 0. The fourth-order valence-electron chi connectivity index (χ4n) is 2.69. The third kappa shape index (κ3) is 2.86. The summed E-state index contributed by atoms with van der Waals surface area (Å²) in [5, 5.41) is 4.22. The maximum atomic E-state index is 6.26. The Hall–Kier alpha value is -0.940. The van der Waals surface area contributed by atoms with Gasteiger partial charge in [-0.05, 0) is 59.3 Å². The molecule has 0 saturated heterocycles. The number of rotatable bonds is 4. The standard InChI is InChI=1S/C16H29N3O2/c1-11-7-9-16(20-6,10-8-11)12-18-13(21-19-12)14(2,3)15(4,5)17/h11H,7-10,17H2,1-6H3. The zero-order valence-electron chi connectivity index (χ0n) is 14.2. The lowest BCUT2D eigenvalue weighted by atomic mass is 9.75. The Morgan fingerprint density at radius 3 is 2.29 bits per heavy atom. The van der Waals surface area contributed by atoms with Gasteiger partial charge in [-0.15, -0.1) is 0 Å². The Kier molecular flexibility index (Phi) is 4.19. The number of hydrogen-bond acceptors (Lipinski definition) is 5. The van der Waals surface area contributed by atoms with E-state index in [9.17, 15) is 0 Å². The minimum atomic E-state index is -0.446. The number of methoxy groups -OCH3 is 1. The quantitative estimate of drug-likeness (QED) is 0.923. The topological polar surface area (TPSA) is 74.2 Å². The molecule has 5 heteroatoms. The Bertz CT molecular complexity index is 480. The number of nitrogens with zero attached hydrogens (tertiary/aromatic N) is 2. The Labute approximate surface area is 127 Å². The number of aromatic nitrogens is 2. The van der Waals surface area contributed by atoms with Crippen LogP contribution in [0.15, 0.2) is 4.52 Å². The minimum absolute atomic E-state index is 0.394. The van der Waals surface area contributed by atoms with Crippen molar-refractivity contribution in [1.82, 2.24) is 10.1 Å². The molecule has 1 aliphatic carbocycles. The minimum Gasteiger partial charge on any atom is -0.370 e. The molecule has 0 aromatic carbocycles. The first-order chi connectivity index (χ1) is 9.62. The number of hydrogen-bond donors (Lipinski definition) is 1. The molecule has 2 N–H and O–H groups in total. The molecule has 21 heavy (non-hydrogen) atoms. The molecule has 5 nitrogen and oxygen atoms in total. The van der Waals surface area contributed by atoms with Crippen molar-refractivity contribution in [3.8, 4) is 0 Å². The highest BCUT2D eigenvalue weighted by Crippen LogP contribution is 2.42. The summed E-state index contributed by atoms with van der Waals surface area (Å²) in [4.78, 5) is 4.66. The summed E-state index contributed by atoms with van der Waals surface area (Å²) >= 11 is 0. The van der Waals surface area contributed by atoms with Crippen LogP contribution < -0.4 is 5.73 Å². The lowest BCUT2D eigenvalue weighted by Crippen LogP contribution is -2.50. The van der Waals surface area contributed by atoms with Crippen LogP contribution in [0.25, 0.3) is 0 Å². The molecular weight excluding hydrogens is 266 g/mol. The van der Waals surface area contributed by atoms with Gasteiger partial charge in [0.1, 0.15) is 5.60 Å². The van der Waals surface area contributed by atoms with Gasteiger partial charge in [0.2, 0.25) is 11.7 Å². The second-order valence-electron chi connectivity index (χ2n) is 7.65. The van der Waals surface area contributed by atoms with E-state index in [-0.39, 0.29) is 0 Å². The van der Waals surface area contributed by atoms with E-state index in [2.05, 4.69) is 17.1 Å². The van der Waals surface area contributed by atoms with Gasteiger partial charge < -0.3 is 15.0 Å². The summed E-state index contributed by atoms with van der Waals surface area (Å²) in [5.74, 6) is 1.99. The van der Waals surface area contributed by atoms with Gasteiger partial charge in [0, 0.05) is 12.6 Å². The zero-order chi connectivity index (χ0) is 15.9. The van der Waals surface area contributed by atoms with Crippen LogP contribution in [0, 0.1) is 5.92 Å². The molecule has 1 aromatic heterocycles. The van der Waals surface area contributed by atoms with E-state index >= 15 is 0 Å². The molecule has 2 rings (SSSR count). The van der Waals surface area contributed by atoms with E-state index < -0.39 is 16.6 Å². The number of nitrogens with two attached hydrogens (primary N) is 1. The molecule has 0 spiro atoms. The molecule has 0 bridgehead atoms. The molecule has 1 aromatic rings. The van der Waals surface area contributed by atoms with Gasteiger partial charge in [-0.1, -0.05) is 12.1 Å². The third-order valence-corrected chi connectivity index (χ3v) is 5.45. The fourth-order valence-corrected chi connectivity index (χ4v) is 2.69. The van der Waals surface area contributed by atoms with Gasteiger partial charge in [-0.25, -0.2) is 0 Å². The predicted molar refractivity (Wildman–Crippen MR) is 81.9 cm³/mol. The molecular formula is C16H29N3O2. The average Bonchev–Trinajstić information content (AvgIpc) is 2.89. The third-order valence-electron chi connectivity index (χ3n) is 5.45. The zero-order valence-corrected chi connectivity index (χ0v) is 14.2. The molecule has 1 saturated carbocycles. The molecule has 1 fully saturated rings. The lowest BCUT2D eigenvalue weighted by Gasteiger charge is -2.36. The van der Waals surface area contributed by atoms with E-state index in [1.165, 1.54) is 0 Å². The van der Waals surface area contributed by atoms with Gasteiger partial charge in [-0.2, -0.15) is 4.98 Å². The molecule has 0 unspecified atom stereocenters. The molecule has 0 radical (unpaired) electrons. The van der Waals surface area contributed by atoms with Crippen molar-refractivity contribution in [3.05, 3.63) is 11.7 Å². The van der Waals surface area contributed by atoms with Crippen molar-refractivity contribution in [2.75, 3.05) is 7.11 Å². The van der Waals surface area contributed by atoms with E-state index in [4.69, 9.17) is 15.0 Å². The monoisotopic (exact) mass is 295 g/mol. The first-order valence-corrected chi connectivity index (χ1v) is 7.81. The van der Waals surface area contributed by atoms with Gasteiger partial charge in [0.05, 0.1) is 5.41 Å². The lowest BCUT2D eigenvalue weighted by molar-refractivity contribution is -0.0609. The smallest absolute Gasteiger partial charge is 0.234 e. The summed E-state index contributed by atoms with van der Waals surface area (Å²) in [6.07, 6.45) is 4.14. The Morgan fingerprint density at radius 2 is 1.81 bits per heavy atom. The van der Waals surface area contributed by atoms with E-state index in [0.717, 1.165) is 31.6 Å². The Balaban J connectivity index is 2.31. The molecule has 120 valence electrons. The van der Waals surface area contributed by atoms with Crippen LogP contribution in [0.5, 0.6) is 0 Å².